The fraction of sp³-hybridized carbons (Fsp3) is 0.636. The van der Waals surface area contributed by atoms with Crippen LogP contribution >= 0.6 is 0 Å². The molecule has 0 aromatic carbocycles. The van der Waals surface area contributed by atoms with Crippen LogP contribution in [0.4, 0.5) is 0 Å². The highest BCUT2D eigenvalue weighted by atomic mass is 16.1. The first-order chi connectivity index (χ1) is 7.36. The molecule has 1 N–H and O–H groups in total. The van der Waals surface area contributed by atoms with E-state index in [0.717, 1.165) is 32.0 Å². The molecule has 2 rings (SSSR count). The number of aromatic nitrogens is 2. The third-order valence-electron chi connectivity index (χ3n) is 2.99. The number of hydrogen-bond acceptors (Lipinski definition) is 3. The third kappa shape index (κ3) is 2.89. The topological polar surface area (TPSA) is 46.9 Å². The Morgan fingerprint density at radius 2 is 2.27 bits per heavy atom. The van der Waals surface area contributed by atoms with E-state index in [2.05, 4.69) is 10.4 Å². The summed E-state index contributed by atoms with van der Waals surface area (Å²) >= 11 is 0. The van der Waals surface area contributed by atoms with E-state index in [1.54, 1.807) is 23.0 Å². The lowest BCUT2D eigenvalue weighted by atomic mass is 9.95. The van der Waals surface area contributed by atoms with Gasteiger partial charge in [0.1, 0.15) is 0 Å². The van der Waals surface area contributed by atoms with Crippen LogP contribution in [-0.4, -0.2) is 22.9 Å². The predicted molar refractivity (Wildman–Crippen MR) is 58.7 cm³/mol. The predicted octanol–water partition coefficient (Wildman–Crippen LogP) is 0.633. The van der Waals surface area contributed by atoms with Crippen LogP contribution < -0.4 is 10.9 Å². The Hall–Kier alpha value is -1.16. The normalized spacial score (nSPS) is 17.9. The second-order valence-electron chi connectivity index (χ2n) is 4.07. The summed E-state index contributed by atoms with van der Waals surface area (Å²) in [7, 11) is 0. The van der Waals surface area contributed by atoms with Gasteiger partial charge >= 0.3 is 0 Å². The van der Waals surface area contributed by atoms with E-state index in [-0.39, 0.29) is 5.56 Å². The van der Waals surface area contributed by atoms with Crippen molar-refractivity contribution < 1.29 is 0 Å². The fourth-order valence-corrected chi connectivity index (χ4v) is 2.03. The zero-order valence-corrected chi connectivity index (χ0v) is 8.85. The van der Waals surface area contributed by atoms with E-state index in [1.807, 2.05) is 0 Å². The molecule has 4 heteroatoms. The summed E-state index contributed by atoms with van der Waals surface area (Å²) in [6.07, 6.45) is 5.19. The molecule has 4 nitrogen and oxygen atoms in total. The van der Waals surface area contributed by atoms with Gasteiger partial charge in [-0.3, -0.25) is 4.79 Å². The molecule has 0 saturated carbocycles. The van der Waals surface area contributed by atoms with Crippen LogP contribution in [0.5, 0.6) is 0 Å². The fourth-order valence-electron chi connectivity index (χ4n) is 2.03. The van der Waals surface area contributed by atoms with Crippen molar-refractivity contribution in [1.29, 1.82) is 0 Å². The molecule has 0 atom stereocenters. The van der Waals surface area contributed by atoms with Gasteiger partial charge in [0.2, 0.25) is 0 Å². The lowest BCUT2D eigenvalue weighted by Gasteiger charge is -2.22. The SMILES string of the molecule is O=c1cccnn1CCC1CCNCC1. The summed E-state index contributed by atoms with van der Waals surface area (Å²) in [4.78, 5) is 11.4. The summed E-state index contributed by atoms with van der Waals surface area (Å²) in [5.41, 5.74) is 0.00596. The van der Waals surface area contributed by atoms with Crippen molar-refractivity contribution in [3.63, 3.8) is 0 Å². The van der Waals surface area contributed by atoms with E-state index in [4.69, 9.17) is 0 Å². The average Bonchev–Trinajstić information content (AvgIpc) is 2.29. The van der Waals surface area contributed by atoms with Crippen molar-refractivity contribution in [2.24, 2.45) is 5.92 Å². The molecule has 0 radical (unpaired) electrons. The van der Waals surface area contributed by atoms with Crippen LogP contribution in [-0.2, 0) is 6.54 Å². The summed E-state index contributed by atoms with van der Waals surface area (Å²) in [6.45, 7) is 2.98. The quantitative estimate of drug-likeness (QED) is 0.791. The Labute approximate surface area is 89.3 Å². The van der Waals surface area contributed by atoms with E-state index < -0.39 is 0 Å². The smallest absolute Gasteiger partial charge is 0.266 e. The van der Waals surface area contributed by atoms with Gasteiger partial charge in [-0.25, -0.2) is 4.68 Å². The number of piperidine rings is 1. The monoisotopic (exact) mass is 207 g/mol. The Balaban J connectivity index is 1.87. The maximum atomic E-state index is 11.4. The first-order valence-corrected chi connectivity index (χ1v) is 5.59. The van der Waals surface area contributed by atoms with Gasteiger partial charge in [0.05, 0.1) is 0 Å². The lowest BCUT2D eigenvalue weighted by molar-refractivity contribution is 0.329. The molecule has 0 unspecified atom stereocenters. The highest BCUT2D eigenvalue weighted by Crippen LogP contribution is 2.15. The highest BCUT2D eigenvalue weighted by Gasteiger charge is 2.12. The Morgan fingerprint density at radius 1 is 1.47 bits per heavy atom. The van der Waals surface area contributed by atoms with Gasteiger partial charge in [-0.2, -0.15) is 5.10 Å². The number of nitrogens with one attached hydrogen (secondary N) is 1. The molecule has 0 aliphatic carbocycles. The molecule has 1 aromatic rings. The van der Waals surface area contributed by atoms with Crippen LogP contribution in [0.2, 0.25) is 0 Å². The van der Waals surface area contributed by atoms with Crippen molar-refractivity contribution >= 4 is 0 Å². The maximum Gasteiger partial charge on any atom is 0.266 e. The van der Waals surface area contributed by atoms with Crippen molar-refractivity contribution in [3.05, 3.63) is 28.7 Å². The molecular weight excluding hydrogens is 190 g/mol. The molecule has 2 heterocycles. The zero-order valence-electron chi connectivity index (χ0n) is 8.85. The molecule has 82 valence electrons. The van der Waals surface area contributed by atoms with E-state index >= 15 is 0 Å². The van der Waals surface area contributed by atoms with Crippen LogP contribution in [0.15, 0.2) is 23.1 Å². The number of hydrogen-bond donors (Lipinski definition) is 1. The van der Waals surface area contributed by atoms with Crippen molar-refractivity contribution in [3.8, 4) is 0 Å². The molecule has 0 bridgehead atoms. The molecule has 1 aromatic heterocycles. The molecular formula is C11H17N3O. The summed E-state index contributed by atoms with van der Waals surface area (Å²) in [6, 6.07) is 3.25. The van der Waals surface area contributed by atoms with E-state index in [9.17, 15) is 4.79 Å². The summed E-state index contributed by atoms with van der Waals surface area (Å²) < 4.78 is 1.56. The first kappa shape index (κ1) is 10.4. The van der Waals surface area contributed by atoms with Crippen LogP contribution in [0.1, 0.15) is 19.3 Å². The van der Waals surface area contributed by atoms with Gasteiger partial charge in [0.25, 0.3) is 5.56 Å². The Bertz CT molecular complexity index is 355. The number of aryl methyl sites for hydroxylation is 1. The van der Waals surface area contributed by atoms with Gasteiger partial charge in [-0.15, -0.1) is 0 Å². The van der Waals surface area contributed by atoms with Gasteiger partial charge in [-0.05, 0) is 44.3 Å². The van der Waals surface area contributed by atoms with E-state index in [1.165, 1.54) is 12.8 Å². The van der Waals surface area contributed by atoms with Crippen LogP contribution in [0, 0.1) is 5.92 Å². The van der Waals surface area contributed by atoms with Crippen LogP contribution in [0.25, 0.3) is 0 Å². The standard InChI is InChI=1S/C11H17N3O/c15-11-2-1-6-13-14(11)9-5-10-3-7-12-8-4-10/h1-2,6,10,12H,3-5,7-9H2. The minimum absolute atomic E-state index is 0.00596. The molecule has 1 aliphatic rings. The Morgan fingerprint density at radius 3 is 3.00 bits per heavy atom. The molecule has 1 fully saturated rings. The van der Waals surface area contributed by atoms with Crippen molar-refractivity contribution in [1.82, 2.24) is 15.1 Å². The average molecular weight is 207 g/mol. The Kier molecular flexibility index (Phi) is 3.50. The minimum Gasteiger partial charge on any atom is -0.317 e. The number of rotatable bonds is 3. The summed E-state index contributed by atoms with van der Waals surface area (Å²) in [5, 5.41) is 7.39. The second kappa shape index (κ2) is 5.07. The second-order valence-corrected chi connectivity index (χ2v) is 4.07. The van der Waals surface area contributed by atoms with Gasteiger partial charge in [0, 0.05) is 18.8 Å². The van der Waals surface area contributed by atoms with Crippen LogP contribution in [0.3, 0.4) is 0 Å². The molecule has 0 amide bonds. The minimum atomic E-state index is 0.00596. The lowest BCUT2D eigenvalue weighted by Crippen LogP contribution is -2.29. The van der Waals surface area contributed by atoms with E-state index in [0.29, 0.717) is 0 Å². The maximum absolute atomic E-state index is 11.4. The largest absolute Gasteiger partial charge is 0.317 e. The zero-order chi connectivity index (χ0) is 10.5. The third-order valence-corrected chi connectivity index (χ3v) is 2.99. The molecule has 1 aliphatic heterocycles. The molecule has 15 heavy (non-hydrogen) atoms. The van der Waals surface area contributed by atoms with Gasteiger partial charge in [0.15, 0.2) is 0 Å². The van der Waals surface area contributed by atoms with Gasteiger partial charge < -0.3 is 5.32 Å². The first-order valence-electron chi connectivity index (χ1n) is 5.59. The molecule has 0 spiro atoms. The summed E-state index contributed by atoms with van der Waals surface area (Å²) in [5.74, 6) is 0.750. The van der Waals surface area contributed by atoms with Crippen molar-refractivity contribution in [2.75, 3.05) is 13.1 Å². The number of nitrogens with zero attached hydrogens (tertiary/aromatic N) is 2. The highest BCUT2D eigenvalue weighted by molar-refractivity contribution is 4.84. The molecule has 1 saturated heterocycles. The van der Waals surface area contributed by atoms with Crippen molar-refractivity contribution in [2.45, 2.75) is 25.8 Å². The van der Waals surface area contributed by atoms with Gasteiger partial charge in [-0.1, -0.05) is 0 Å².